The topological polar surface area (TPSA) is 52.6 Å². The van der Waals surface area contributed by atoms with Crippen molar-refractivity contribution in [3.63, 3.8) is 0 Å². The molecule has 0 aromatic rings. The lowest BCUT2D eigenvalue weighted by molar-refractivity contribution is -0.151. The van der Waals surface area contributed by atoms with Crippen LogP contribution < -0.4 is 5.32 Å². The van der Waals surface area contributed by atoms with Crippen molar-refractivity contribution in [3.05, 3.63) is 0 Å². The Labute approximate surface area is 90.6 Å². The van der Waals surface area contributed by atoms with E-state index in [-0.39, 0.29) is 11.8 Å². The number of piperidine rings is 1. The standard InChI is InChI=1S/C11H20N2O2/c1-8-7-13(2)6-5-11(8,15)10(14)12-9-3-4-9/h8-9,15H,3-7H2,1-2H3,(H,12,14)/t8-,11-/m1/s1. The number of amides is 1. The molecule has 1 aliphatic heterocycles. The van der Waals surface area contributed by atoms with Gasteiger partial charge in [-0.25, -0.2) is 0 Å². The van der Waals surface area contributed by atoms with Crippen LogP contribution in [0.2, 0.25) is 0 Å². The van der Waals surface area contributed by atoms with Crippen LogP contribution in [-0.4, -0.2) is 47.7 Å². The van der Waals surface area contributed by atoms with Gasteiger partial charge in [-0.3, -0.25) is 4.79 Å². The minimum absolute atomic E-state index is 0.00926. The SMILES string of the molecule is C[C@@H]1CN(C)CC[C@]1(O)C(=O)NC1CC1. The summed E-state index contributed by atoms with van der Waals surface area (Å²) in [7, 11) is 2.02. The minimum atomic E-state index is -1.14. The van der Waals surface area contributed by atoms with E-state index >= 15 is 0 Å². The summed E-state index contributed by atoms with van der Waals surface area (Å²) in [4.78, 5) is 14.1. The first kappa shape index (κ1) is 10.9. The third-order valence-electron chi connectivity index (χ3n) is 3.58. The molecule has 4 nitrogen and oxygen atoms in total. The van der Waals surface area contributed by atoms with Crippen molar-refractivity contribution in [2.24, 2.45) is 5.92 Å². The van der Waals surface area contributed by atoms with E-state index in [9.17, 15) is 9.90 Å². The lowest BCUT2D eigenvalue weighted by Gasteiger charge is -2.40. The Kier molecular flexibility index (Phi) is 2.73. The molecule has 1 heterocycles. The summed E-state index contributed by atoms with van der Waals surface area (Å²) in [5.41, 5.74) is -1.14. The number of rotatable bonds is 2. The molecule has 0 aromatic heterocycles. The van der Waals surface area contributed by atoms with Gasteiger partial charge < -0.3 is 15.3 Å². The third-order valence-corrected chi connectivity index (χ3v) is 3.58. The zero-order valence-corrected chi connectivity index (χ0v) is 9.49. The lowest BCUT2D eigenvalue weighted by atomic mass is 9.81. The second kappa shape index (κ2) is 3.76. The lowest BCUT2D eigenvalue weighted by Crippen LogP contribution is -2.58. The molecule has 1 amide bonds. The first-order valence-corrected chi connectivity index (χ1v) is 5.74. The molecule has 15 heavy (non-hydrogen) atoms. The molecular formula is C11H20N2O2. The summed E-state index contributed by atoms with van der Waals surface area (Å²) >= 11 is 0. The van der Waals surface area contributed by atoms with Gasteiger partial charge >= 0.3 is 0 Å². The van der Waals surface area contributed by atoms with Gasteiger partial charge in [0, 0.05) is 25.0 Å². The Morgan fingerprint density at radius 2 is 2.20 bits per heavy atom. The number of nitrogens with zero attached hydrogens (tertiary/aromatic N) is 1. The highest BCUT2D eigenvalue weighted by Gasteiger charge is 2.45. The van der Waals surface area contributed by atoms with Crippen LogP contribution in [0, 0.1) is 5.92 Å². The van der Waals surface area contributed by atoms with Crippen LogP contribution in [0.3, 0.4) is 0 Å². The second-order valence-electron chi connectivity index (χ2n) is 5.09. The van der Waals surface area contributed by atoms with Gasteiger partial charge in [0.15, 0.2) is 0 Å². The van der Waals surface area contributed by atoms with E-state index in [1.165, 1.54) is 0 Å². The van der Waals surface area contributed by atoms with Crippen LogP contribution in [0.4, 0.5) is 0 Å². The van der Waals surface area contributed by atoms with Gasteiger partial charge in [0.05, 0.1) is 0 Å². The summed E-state index contributed by atoms with van der Waals surface area (Å²) in [5.74, 6) is -0.152. The summed E-state index contributed by atoms with van der Waals surface area (Å²) in [5, 5.41) is 13.3. The molecule has 1 saturated carbocycles. The van der Waals surface area contributed by atoms with Gasteiger partial charge in [0.2, 0.25) is 0 Å². The van der Waals surface area contributed by atoms with E-state index in [1.807, 2.05) is 14.0 Å². The van der Waals surface area contributed by atoms with Crippen molar-refractivity contribution in [1.29, 1.82) is 0 Å². The number of hydrogen-bond donors (Lipinski definition) is 2. The fourth-order valence-electron chi connectivity index (χ4n) is 2.19. The Morgan fingerprint density at radius 3 is 2.73 bits per heavy atom. The molecule has 1 aliphatic carbocycles. The van der Waals surface area contributed by atoms with E-state index in [4.69, 9.17) is 0 Å². The average molecular weight is 212 g/mol. The van der Waals surface area contributed by atoms with Gasteiger partial charge in [-0.15, -0.1) is 0 Å². The molecular weight excluding hydrogens is 192 g/mol. The molecule has 0 aromatic carbocycles. The average Bonchev–Trinajstić information content (AvgIpc) is 2.96. The van der Waals surface area contributed by atoms with Crippen molar-refractivity contribution in [1.82, 2.24) is 10.2 Å². The second-order valence-corrected chi connectivity index (χ2v) is 5.09. The maximum absolute atomic E-state index is 11.9. The fraction of sp³-hybridized carbons (Fsp3) is 0.909. The monoisotopic (exact) mass is 212 g/mol. The number of likely N-dealkylation sites (tertiary alicyclic amines) is 1. The van der Waals surface area contributed by atoms with Crippen LogP contribution in [0.25, 0.3) is 0 Å². The van der Waals surface area contributed by atoms with Gasteiger partial charge in [0.1, 0.15) is 5.60 Å². The Balaban J connectivity index is 2.00. The number of nitrogens with one attached hydrogen (secondary N) is 1. The fourth-order valence-corrected chi connectivity index (χ4v) is 2.19. The molecule has 4 heteroatoms. The molecule has 0 unspecified atom stereocenters. The number of carbonyl (C=O) groups excluding carboxylic acids is 1. The molecule has 2 N–H and O–H groups in total. The van der Waals surface area contributed by atoms with Gasteiger partial charge in [-0.05, 0) is 26.3 Å². The van der Waals surface area contributed by atoms with E-state index in [0.717, 1.165) is 25.9 Å². The highest BCUT2D eigenvalue weighted by molar-refractivity contribution is 5.85. The van der Waals surface area contributed by atoms with Crippen LogP contribution in [0.5, 0.6) is 0 Å². The van der Waals surface area contributed by atoms with E-state index < -0.39 is 5.60 Å². The zero-order chi connectivity index (χ0) is 11.1. The van der Waals surface area contributed by atoms with Gasteiger partial charge in [-0.2, -0.15) is 0 Å². The molecule has 2 atom stereocenters. The molecule has 2 aliphatic rings. The van der Waals surface area contributed by atoms with Gasteiger partial charge in [0.25, 0.3) is 5.91 Å². The number of carbonyl (C=O) groups is 1. The summed E-state index contributed by atoms with van der Waals surface area (Å²) in [6.45, 7) is 3.52. The molecule has 0 radical (unpaired) electrons. The molecule has 2 rings (SSSR count). The van der Waals surface area contributed by atoms with Gasteiger partial charge in [-0.1, -0.05) is 6.92 Å². The smallest absolute Gasteiger partial charge is 0.252 e. The predicted molar refractivity (Wildman–Crippen MR) is 57.4 cm³/mol. The Hall–Kier alpha value is -0.610. The van der Waals surface area contributed by atoms with Crippen LogP contribution >= 0.6 is 0 Å². The van der Waals surface area contributed by atoms with Crippen molar-refractivity contribution in [2.45, 2.75) is 37.8 Å². The largest absolute Gasteiger partial charge is 0.380 e. The molecule has 86 valence electrons. The van der Waals surface area contributed by atoms with Crippen molar-refractivity contribution in [3.8, 4) is 0 Å². The molecule has 0 spiro atoms. The number of hydrogen-bond acceptors (Lipinski definition) is 3. The molecule has 2 fully saturated rings. The highest BCUT2D eigenvalue weighted by atomic mass is 16.3. The van der Waals surface area contributed by atoms with Crippen molar-refractivity contribution in [2.75, 3.05) is 20.1 Å². The van der Waals surface area contributed by atoms with E-state index in [1.54, 1.807) is 0 Å². The van der Waals surface area contributed by atoms with E-state index in [2.05, 4.69) is 10.2 Å². The van der Waals surface area contributed by atoms with Crippen LogP contribution in [0.15, 0.2) is 0 Å². The summed E-state index contributed by atoms with van der Waals surface area (Å²) in [6, 6.07) is 0.327. The maximum atomic E-state index is 11.9. The Bertz CT molecular complexity index is 265. The maximum Gasteiger partial charge on any atom is 0.252 e. The number of aliphatic hydroxyl groups is 1. The first-order valence-electron chi connectivity index (χ1n) is 5.74. The molecule has 1 saturated heterocycles. The Morgan fingerprint density at radius 1 is 1.53 bits per heavy atom. The summed E-state index contributed by atoms with van der Waals surface area (Å²) < 4.78 is 0. The van der Waals surface area contributed by atoms with Crippen LogP contribution in [-0.2, 0) is 4.79 Å². The minimum Gasteiger partial charge on any atom is -0.380 e. The van der Waals surface area contributed by atoms with E-state index in [0.29, 0.717) is 12.5 Å². The molecule has 0 bridgehead atoms. The van der Waals surface area contributed by atoms with Crippen molar-refractivity contribution >= 4 is 5.91 Å². The summed E-state index contributed by atoms with van der Waals surface area (Å²) in [6.07, 6.45) is 2.68. The zero-order valence-electron chi connectivity index (χ0n) is 9.49. The predicted octanol–water partition coefficient (Wildman–Crippen LogP) is -0.0323. The van der Waals surface area contributed by atoms with Crippen LogP contribution in [0.1, 0.15) is 26.2 Å². The first-order chi connectivity index (χ1) is 7.02. The normalized spacial score (nSPS) is 37.7. The quantitative estimate of drug-likeness (QED) is 0.676. The highest BCUT2D eigenvalue weighted by Crippen LogP contribution is 2.29. The third kappa shape index (κ3) is 2.16. The van der Waals surface area contributed by atoms with Crippen molar-refractivity contribution < 1.29 is 9.90 Å².